The molecule has 0 aromatic carbocycles. The van der Waals surface area contributed by atoms with Crippen LogP contribution in [0.4, 0.5) is 0 Å². The minimum absolute atomic E-state index is 0.618. The third-order valence-corrected chi connectivity index (χ3v) is 5.27. The molecule has 1 unspecified atom stereocenters. The molecule has 2 aliphatic rings. The van der Waals surface area contributed by atoms with Gasteiger partial charge in [0, 0.05) is 52.4 Å². The Bertz CT molecular complexity index is 343. The molecule has 1 aliphatic heterocycles. The number of rotatable bonds is 6. The maximum Gasteiger partial charge on any atom is 0.191 e. The fourth-order valence-corrected chi connectivity index (χ4v) is 3.70. The molecule has 2 fully saturated rings. The van der Waals surface area contributed by atoms with E-state index >= 15 is 0 Å². The zero-order valence-corrected chi connectivity index (χ0v) is 15.5. The summed E-state index contributed by atoms with van der Waals surface area (Å²) in [4.78, 5) is 9.54. The smallest absolute Gasteiger partial charge is 0.191 e. The van der Waals surface area contributed by atoms with E-state index in [0.29, 0.717) is 12.0 Å². The molecular formula is C18H37N5. The van der Waals surface area contributed by atoms with E-state index < -0.39 is 0 Å². The van der Waals surface area contributed by atoms with Gasteiger partial charge in [-0.15, -0.1) is 0 Å². The van der Waals surface area contributed by atoms with Crippen LogP contribution in [0.1, 0.15) is 46.0 Å². The highest BCUT2D eigenvalue weighted by molar-refractivity contribution is 5.79. The highest BCUT2D eigenvalue weighted by Gasteiger charge is 2.18. The molecule has 2 N–H and O–H groups in total. The Labute approximate surface area is 142 Å². The summed E-state index contributed by atoms with van der Waals surface area (Å²) >= 11 is 0. The van der Waals surface area contributed by atoms with Crippen molar-refractivity contribution in [3.8, 4) is 0 Å². The van der Waals surface area contributed by atoms with Crippen molar-refractivity contribution in [3.05, 3.63) is 0 Å². The molecule has 1 saturated carbocycles. The highest BCUT2D eigenvalue weighted by Crippen LogP contribution is 2.17. The van der Waals surface area contributed by atoms with Crippen LogP contribution in [-0.2, 0) is 0 Å². The van der Waals surface area contributed by atoms with Crippen molar-refractivity contribution in [1.29, 1.82) is 0 Å². The average molecular weight is 324 g/mol. The van der Waals surface area contributed by atoms with Crippen LogP contribution in [0.3, 0.4) is 0 Å². The lowest BCUT2D eigenvalue weighted by atomic mass is 9.96. The summed E-state index contributed by atoms with van der Waals surface area (Å²) in [6, 6.07) is 0.618. The monoisotopic (exact) mass is 323 g/mol. The Balaban J connectivity index is 1.63. The van der Waals surface area contributed by atoms with E-state index in [-0.39, 0.29) is 0 Å². The summed E-state index contributed by atoms with van der Waals surface area (Å²) in [6.07, 6.45) is 6.69. The fraction of sp³-hybridized carbons (Fsp3) is 0.944. The van der Waals surface area contributed by atoms with Crippen LogP contribution in [0, 0.1) is 5.92 Å². The van der Waals surface area contributed by atoms with E-state index in [0.717, 1.165) is 12.5 Å². The Morgan fingerprint density at radius 2 is 1.74 bits per heavy atom. The lowest BCUT2D eigenvalue weighted by Gasteiger charge is -2.35. The molecule has 5 nitrogen and oxygen atoms in total. The summed E-state index contributed by atoms with van der Waals surface area (Å²) in [7, 11) is 1.88. The van der Waals surface area contributed by atoms with E-state index in [1.165, 1.54) is 71.4 Å². The van der Waals surface area contributed by atoms with Crippen molar-refractivity contribution in [2.24, 2.45) is 10.9 Å². The topological polar surface area (TPSA) is 42.9 Å². The van der Waals surface area contributed by atoms with Crippen LogP contribution >= 0.6 is 0 Å². The summed E-state index contributed by atoms with van der Waals surface area (Å²) in [6.45, 7) is 12.9. The molecule has 1 saturated heterocycles. The highest BCUT2D eigenvalue weighted by atomic mass is 15.3. The van der Waals surface area contributed by atoms with Crippen LogP contribution in [0.15, 0.2) is 4.99 Å². The number of nitrogens with zero attached hydrogens (tertiary/aromatic N) is 3. The van der Waals surface area contributed by atoms with Gasteiger partial charge in [-0.3, -0.25) is 4.99 Å². The molecule has 134 valence electrons. The third-order valence-electron chi connectivity index (χ3n) is 5.27. The van der Waals surface area contributed by atoms with Crippen molar-refractivity contribution < 1.29 is 0 Å². The first-order chi connectivity index (χ1) is 11.2. The van der Waals surface area contributed by atoms with Crippen LogP contribution in [-0.4, -0.2) is 74.7 Å². The van der Waals surface area contributed by atoms with Crippen molar-refractivity contribution in [1.82, 2.24) is 20.4 Å². The maximum absolute atomic E-state index is 4.40. The van der Waals surface area contributed by atoms with Gasteiger partial charge in [0.25, 0.3) is 0 Å². The molecule has 0 spiro atoms. The van der Waals surface area contributed by atoms with Crippen LogP contribution in [0.5, 0.6) is 0 Å². The van der Waals surface area contributed by atoms with Gasteiger partial charge in [-0.1, -0.05) is 33.1 Å². The van der Waals surface area contributed by atoms with E-state index in [1.807, 2.05) is 7.05 Å². The summed E-state index contributed by atoms with van der Waals surface area (Å²) in [5.41, 5.74) is 0. The van der Waals surface area contributed by atoms with Gasteiger partial charge in [-0.25, -0.2) is 0 Å². The Hall–Kier alpha value is -0.810. The van der Waals surface area contributed by atoms with Crippen LogP contribution in [0.2, 0.25) is 0 Å². The van der Waals surface area contributed by atoms with Gasteiger partial charge in [0.05, 0.1) is 0 Å². The number of nitrogens with one attached hydrogen (secondary N) is 2. The van der Waals surface area contributed by atoms with Crippen LogP contribution < -0.4 is 10.6 Å². The van der Waals surface area contributed by atoms with Gasteiger partial charge in [0.2, 0.25) is 0 Å². The van der Waals surface area contributed by atoms with E-state index in [9.17, 15) is 0 Å². The van der Waals surface area contributed by atoms with Crippen molar-refractivity contribution in [2.45, 2.75) is 52.0 Å². The second-order valence-corrected chi connectivity index (χ2v) is 7.27. The third kappa shape index (κ3) is 6.68. The number of aliphatic imine (C=N–C) groups is 1. The summed E-state index contributed by atoms with van der Waals surface area (Å²) < 4.78 is 0. The Morgan fingerprint density at radius 3 is 2.35 bits per heavy atom. The zero-order valence-electron chi connectivity index (χ0n) is 15.5. The molecule has 5 heteroatoms. The number of likely N-dealkylation sites (N-methyl/N-ethyl adjacent to an activating group) is 1. The predicted molar refractivity (Wildman–Crippen MR) is 99.1 cm³/mol. The maximum atomic E-state index is 4.40. The van der Waals surface area contributed by atoms with Gasteiger partial charge in [0.1, 0.15) is 0 Å². The second-order valence-electron chi connectivity index (χ2n) is 7.27. The largest absolute Gasteiger partial charge is 0.356 e. The van der Waals surface area contributed by atoms with E-state index in [4.69, 9.17) is 0 Å². The van der Waals surface area contributed by atoms with E-state index in [1.54, 1.807) is 0 Å². The number of guanidine groups is 1. The van der Waals surface area contributed by atoms with Crippen molar-refractivity contribution in [2.75, 3.05) is 52.9 Å². The number of hydrogen-bond acceptors (Lipinski definition) is 3. The molecule has 2 rings (SSSR count). The SMILES string of the molecule is CCN1CCN(CC(C)CNC(=NC)NC2CCCCC2)CC1. The zero-order chi connectivity index (χ0) is 16.5. The summed E-state index contributed by atoms with van der Waals surface area (Å²) in [5.74, 6) is 1.63. The molecule has 1 atom stereocenters. The van der Waals surface area contributed by atoms with Crippen molar-refractivity contribution >= 4 is 5.96 Å². The lowest BCUT2D eigenvalue weighted by Crippen LogP contribution is -2.49. The molecule has 1 heterocycles. The van der Waals surface area contributed by atoms with Gasteiger partial charge in [-0.2, -0.15) is 0 Å². The van der Waals surface area contributed by atoms with Gasteiger partial charge in [0.15, 0.2) is 5.96 Å². The Morgan fingerprint density at radius 1 is 1.09 bits per heavy atom. The first-order valence-corrected chi connectivity index (χ1v) is 9.63. The van der Waals surface area contributed by atoms with Crippen LogP contribution in [0.25, 0.3) is 0 Å². The molecule has 0 amide bonds. The number of piperazine rings is 1. The lowest BCUT2D eigenvalue weighted by molar-refractivity contribution is 0.124. The normalized spacial score (nSPS) is 23.7. The summed E-state index contributed by atoms with van der Waals surface area (Å²) in [5, 5.41) is 7.12. The minimum atomic E-state index is 0.618. The molecule has 1 aliphatic carbocycles. The van der Waals surface area contributed by atoms with Crippen molar-refractivity contribution in [3.63, 3.8) is 0 Å². The number of hydrogen-bond donors (Lipinski definition) is 2. The molecule has 0 aromatic heterocycles. The quantitative estimate of drug-likeness (QED) is 0.577. The molecule has 0 aromatic rings. The average Bonchev–Trinajstić information content (AvgIpc) is 2.60. The fourth-order valence-electron chi connectivity index (χ4n) is 3.70. The first kappa shape index (κ1) is 18.5. The minimum Gasteiger partial charge on any atom is -0.356 e. The molecule has 0 bridgehead atoms. The molecular weight excluding hydrogens is 286 g/mol. The van der Waals surface area contributed by atoms with Gasteiger partial charge >= 0.3 is 0 Å². The van der Waals surface area contributed by atoms with Gasteiger partial charge < -0.3 is 20.4 Å². The van der Waals surface area contributed by atoms with E-state index in [2.05, 4.69) is 39.3 Å². The second kappa shape index (κ2) is 10.1. The van der Waals surface area contributed by atoms with Gasteiger partial charge in [-0.05, 0) is 25.3 Å². The predicted octanol–water partition coefficient (Wildman–Crippen LogP) is 1.76. The standard InChI is InChI=1S/C18H37N5/c1-4-22-10-12-23(13-11-22)15-16(2)14-20-18(19-3)21-17-8-6-5-7-9-17/h16-17H,4-15H2,1-3H3,(H2,19,20,21). The Kier molecular flexibility index (Phi) is 8.17. The molecule has 0 radical (unpaired) electrons. The first-order valence-electron chi connectivity index (χ1n) is 9.63. The molecule has 23 heavy (non-hydrogen) atoms.